The number of benzene rings is 1. The number of rotatable bonds is 4. The number of methoxy groups -OCH3 is 1. The molecule has 1 aromatic carbocycles. The second-order valence-corrected chi connectivity index (χ2v) is 7.06. The van der Waals surface area contributed by atoms with Crippen LogP contribution in [0.15, 0.2) is 24.3 Å². The molecule has 1 aliphatic carbocycles. The Kier molecular flexibility index (Phi) is 5.16. The van der Waals surface area contributed by atoms with Crippen molar-refractivity contribution in [1.29, 1.82) is 0 Å². The van der Waals surface area contributed by atoms with Crippen molar-refractivity contribution < 1.29 is 23.9 Å². The molecule has 0 bridgehead atoms. The van der Waals surface area contributed by atoms with Crippen molar-refractivity contribution in [3.05, 3.63) is 29.8 Å². The molecule has 4 amide bonds. The van der Waals surface area contributed by atoms with Crippen molar-refractivity contribution in [3.63, 3.8) is 0 Å². The summed E-state index contributed by atoms with van der Waals surface area (Å²) in [5.41, 5.74) is -0.0594. The molecule has 8 nitrogen and oxygen atoms in total. The molecule has 144 valence electrons. The van der Waals surface area contributed by atoms with Gasteiger partial charge in [-0.05, 0) is 43.0 Å². The maximum Gasteiger partial charge on any atom is 0.337 e. The van der Waals surface area contributed by atoms with Gasteiger partial charge >= 0.3 is 12.0 Å². The highest BCUT2D eigenvalue weighted by Gasteiger charge is 2.55. The Balaban J connectivity index is 1.64. The van der Waals surface area contributed by atoms with Gasteiger partial charge in [-0.2, -0.15) is 0 Å². The molecule has 1 heterocycles. The lowest BCUT2D eigenvalue weighted by Gasteiger charge is -2.36. The first kappa shape index (κ1) is 18.9. The Hall–Kier alpha value is -2.90. The maximum absolute atomic E-state index is 12.9. The Morgan fingerprint density at radius 1 is 1.26 bits per heavy atom. The average Bonchev–Trinajstić information content (AvgIpc) is 2.89. The van der Waals surface area contributed by atoms with Crippen molar-refractivity contribution in [3.8, 4) is 0 Å². The molecule has 8 heteroatoms. The number of amides is 4. The number of nitrogens with one attached hydrogen (secondary N) is 2. The summed E-state index contributed by atoms with van der Waals surface area (Å²) >= 11 is 0. The highest BCUT2D eigenvalue weighted by Crippen LogP contribution is 2.38. The second kappa shape index (κ2) is 7.38. The minimum absolute atomic E-state index is 0.0432. The van der Waals surface area contributed by atoms with Crippen LogP contribution in [0.4, 0.5) is 10.5 Å². The van der Waals surface area contributed by atoms with E-state index in [9.17, 15) is 19.2 Å². The predicted octanol–water partition coefficient (Wildman–Crippen LogP) is 1.91. The fourth-order valence-electron chi connectivity index (χ4n) is 3.79. The summed E-state index contributed by atoms with van der Waals surface area (Å²) in [6, 6.07) is 5.63. The number of nitrogens with zero attached hydrogens (tertiary/aromatic N) is 1. The van der Waals surface area contributed by atoms with Crippen molar-refractivity contribution >= 4 is 29.5 Å². The Labute approximate surface area is 157 Å². The van der Waals surface area contributed by atoms with Gasteiger partial charge in [-0.15, -0.1) is 0 Å². The molecule has 1 spiro atoms. The monoisotopic (exact) mass is 373 g/mol. The smallest absolute Gasteiger partial charge is 0.337 e. The Morgan fingerprint density at radius 3 is 2.59 bits per heavy atom. The van der Waals surface area contributed by atoms with E-state index in [4.69, 9.17) is 0 Å². The fraction of sp³-hybridized carbons (Fsp3) is 0.474. The molecular weight excluding hydrogens is 350 g/mol. The number of ether oxygens (including phenoxy) is 1. The van der Waals surface area contributed by atoms with Crippen molar-refractivity contribution in [2.75, 3.05) is 19.0 Å². The van der Waals surface area contributed by atoms with Gasteiger partial charge in [0.25, 0.3) is 5.91 Å². The molecule has 2 N–H and O–H groups in total. The standard InChI is InChI=1S/C19H23N3O5/c1-12-5-3-4-10-19(12)17(25)22(18(26)21-19)11-15(23)20-14-8-6-13(7-9-14)16(24)27-2/h6-9,12H,3-5,10-11H2,1-2H3,(H,20,23)(H,21,26)/t12-,19-/m1/s1. The van der Waals surface area contributed by atoms with Crippen LogP contribution in [-0.2, 0) is 14.3 Å². The van der Waals surface area contributed by atoms with Gasteiger partial charge in [0.2, 0.25) is 5.91 Å². The van der Waals surface area contributed by atoms with Crippen LogP contribution in [0.1, 0.15) is 43.0 Å². The van der Waals surface area contributed by atoms with E-state index in [1.165, 1.54) is 19.2 Å². The Bertz CT molecular complexity index is 776. The van der Waals surface area contributed by atoms with Crippen LogP contribution < -0.4 is 10.6 Å². The number of imide groups is 1. The van der Waals surface area contributed by atoms with Gasteiger partial charge in [-0.1, -0.05) is 19.8 Å². The molecule has 0 unspecified atom stereocenters. The molecule has 0 aromatic heterocycles. The van der Waals surface area contributed by atoms with E-state index in [0.717, 1.165) is 24.2 Å². The van der Waals surface area contributed by atoms with Gasteiger partial charge in [-0.25, -0.2) is 9.59 Å². The van der Waals surface area contributed by atoms with Gasteiger partial charge < -0.3 is 15.4 Å². The summed E-state index contributed by atoms with van der Waals surface area (Å²) in [7, 11) is 1.29. The third-order valence-electron chi connectivity index (χ3n) is 5.39. The van der Waals surface area contributed by atoms with Crippen LogP contribution in [0.3, 0.4) is 0 Å². The predicted molar refractivity (Wildman–Crippen MR) is 97.0 cm³/mol. The average molecular weight is 373 g/mol. The lowest BCUT2D eigenvalue weighted by atomic mass is 9.73. The van der Waals surface area contributed by atoms with Gasteiger partial charge in [0.15, 0.2) is 0 Å². The van der Waals surface area contributed by atoms with Gasteiger partial charge in [0, 0.05) is 5.69 Å². The fourth-order valence-corrected chi connectivity index (χ4v) is 3.79. The summed E-state index contributed by atoms with van der Waals surface area (Å²) < 4.78 is 4.62. The first-order chi connectivity index (χ1) is 12.9. The minimum atomic E-state index is -0.877. The van der Waals surface area contributed by atoms with E-state index in [-0.39, 0.29) is 18.4 Å². The zero-order chi connectivity index (χ0) is 19.6. The number of esters is 1. The molecule has 3 rings (SSSR count). The van der Waals surface area contributed by atoms with E-state index >= 15 is 0 Å². The van der Waals surface area contributed by atoms with E-state index in [1.54, 1.807) is 12.1 Å². The normalized spacial score (nSPS) is 24.7. The number of carbonyl (C=O) groups is 4. The number of hydrogen-bond donors (Lipinski definition) is 2. The maximum atomic E-state index is 12.9. The molecule has 27 heavy (non-hydrogen) atoms. The topological polar surface area (TPSA) is 105 Å². The Morgan fingerprint density at radius 2 is 1.96 bits per heavy atom. The van der Waals surface area contributed by atoms with Crippen LogP contribution in [0.25, 0.3) is 0 Å². The summed E-state index contributed by atoms with van der Waals surface area (Å²) in [6.45, 7) is 1.61. The number of anilines is 1. The van der Waals surface area contributed by atoms with Crippen LogP contribution in [0.5, 0.6) is 0 Å². The largest absolute Gasteiger partial charge is 0.465 e. The minimum Gasteiger partial charge on any atom is -0.465 e. The third kappa shape index (κ3) is 3.51. The number of urea groups is 1. The molecule has 2 fully saturated rings. The van der Waals surface area contributed by atoms with Crippen LogP contribution in [0.2, 0.25) is 0 Å². The molecule has 1 aromatic rings. The first-order valence-electron chi connectivity index (χ1n) is 9.00. The van der Waals surface area contributed by atoms with Gasteiger partial charge in [0.05, 0.1) is 12.7 Å². The van der Waals surface area contributed by atoms with Gasteiger partial charge in [0.1, 0.15) is 12.1 Å². The van der Waals surface area contributed by atoms with Gasteiger partial charge in [-0.3, -0.25) is 14.5 Å². The zero-order valence-electron chi connectivity index (χ0n) is 15.4. The van der Waals surface area contributed by atoms with E-state index in [1.807, 2.05) is 6.92 Å². The number of carbonyl (C=O) groups excluding carboxylic acids is 4. The summed E-state index contributed by atoms with van der Waals surface area (Å²) in [5, 5.41) is 5.45. The van der Waals surface area contributed by atoms with Crippen LogP contribution >= 0.6 is 0 Å². The summed E-state index contributed by atoms with van der Waals surface area (Å²) in [5.74, 6) is -1.23. The lowest BCUT2D eigenvalue weighted by molar-refractivity contribution is -0.136. The third-order valence-corrected chi connectivity index (χ3v) is 5.39. The van der Waals surface area contributed by atoms with E-state index in [0.29, 0.717) is 17.7 Å². The molecule has 1 saturated heterocycles. The van der Waals surface area contributed by atoms with Crippen molar-refractivity contribution in [2.24, 2.45) is 5.92 Å². The summed E-state index contributed by atoms with van der Waals surface area (Å²) in [4.78, 5) is 49.9. The molecule has 1 aliphatic heterocycles. The molecule has 0 radical (unpaired) electrons. The van der Waals surface area contributed by atoms with Crippen LogP contribution in [-0.4, -0.2) is 47.9 Å². The van der Waals surface area contributed by atoms with Crippen molar-refractivity contribution in [1.82, 2.24) is 10.2 Å². The van der Waals surface area contributed by atoms with Crippen LogP contribution in [0, 0.1) is 5.92 Å². The lowest BCUT2D eigenvalue weighted by Crippen LogP contribution is -2.54. The highest BCUT2D eigenvalue weighted by molar-refractivity contribution is 6.10. The first-order valence-corrected chi connectivity index (χ1v) is 9.00. The molecular formula is C19H23N3O5. The zero-order valence-corrected chi connectivity index (χ0v) is 15.4. The molecule has 2 atom stereocenters. The molecule has 1 saturated carbocycles. The highest BCUT2D eigenvalue weighted by atomic mass is 16.5. The summed E-state index contributed by atoms with van der Waals surface area (Å²) in [6.07, 6.45) is 3.39. The second-order valence-electron chi connectivity index (χ2n) is 7.06. The molecule has 2 aliphatic rings. The van der Waals surface area contributed by atoms with E-state index in [2.05, 4.69) is 15.4 Å². The van der Waals surface area contributed by atoms with E-state index < -0.39 is 23.4 Å². The SMILES string of the molecule is COC(=O)c1ccc(NC(=O)CN2C(=O)N[C@@]3(CCCC[C@H]3C)C2=O)cc1. The quantitative estimate of drug-likeness (QED) is 0.620. The number of hydrogen-bond acceptors (Lipinski definition) is 5. The van der Waals surface area contributed by atoms with Crippen molar-refractivity contribution in [2.45, 2.75) is 38.1 Å².